The van der Waals surface area contributed by atoms with E-state index in [4.69, 9.17) is 0 Å². The van der Waals surface area contributed by atoms with E-state index < -0.39 is 34.4 Å². The number of rotatable bonds is 3. The lowest BCUT2D eigenvalue weighted by molar-refractivity contribution is -0.276. The number of carbonyl (C=O) groups excluding carboxylic acids is 1. The van der Waals surface area contributed by atoms with Crippen LogP contribution in [-0.2, 0) is 0 Å². The lowest BCUT2D eigenvalue weighted by Gasteiger charge is -2.11. The molecule has 1 aromatic rings. The molecular formula is C8H3BrF5NO2. The number of aldehydes is 1. The highest BCUT2D eigenvalue weighted by Crippen LogP contribution is 2.32. The molecule has 17 heavy (non-hydrogen) atoms. The molecule has 3 nitrogen and oxygen atoms in total. The molecule has 0 N–H and O–H groups in total. The number of halogens is 6. The number of hydrogen-bond donors (Lipinski definition) is 0. The Morgan fingerprint density at radius 3 is 2.41 bits per heavy atom. The van der Waals surface area contributed by atoms with Crippen molar-refractivity contribution in [2.45, 2.75) is 12.8 Å². The zero-order valence-corrected chi connectivity index (χ0v) is 9.35. The summed E-state index contributed by atoms with van der Waals surface area (Å²) < 4.78 is 63.4. The molecule has 0 saturated carbocycles. The van der Waals surface area contributed by atoms with Crippen molar-refractivity contribution in [2.75, 3.05) is 0 Å². The van der Waals surface area contributed by atoms with Crippen LogP contribution in [0.25, 0.3) is 0 Å². The highest BCUT2D eigenvalue weighted by molar-refractivity contribution is 9.10. The first-order valence-electron chi connectivity index (χ1n) is 3.94. The number of nitrogens with zero attached hydrogens (tertiary/aromatic N) is 1. The lowest BCUT2D eigenvalue weighted by Crippen LogP contribution is -2.19. The topological polar surface area (TPSA) is 39.2 Å². The van der Waals surface area contributed by atoms with Gasteiger partial charge < -0.3 is 4.74 Å². The first-order chi connectivity index (χ1) is 7.74. The van der Waals surface area contributed by atoms with Gasteiger partial charge in [0, 0.05) is 0 Å². The molecule has 1 aromatic heterocycles. The summed E-state index contributed by atoms with van der Waals surface area (Å²) >= 11 is 2.56. The Bertz CT molecular complexity index is 435. The fourth-order valence-electron chi connectivity index (χ4n) is 0.936. The molecule has 0 saturated heterocycles. The number of carbonyl (C=O) groups is 1. The molecule has 0 fully saturated rings. The maximum atomic E-state index is 12.4. The molecule has 0 radical (unpaired) electrons. The third kappa shape index (κ3) is 3.62. The van der Waals surface area contributed by atoms with E-state index in [1.165, 1.54) is 0 Å². The summed E-state index contributed by atoms with van der Waals surface area (Å²) in [6.07, 6.45) is -8.08. The second kappa shape index (κ2) is 4.94. The van der Waals surface area contributed by atoms with Gasteiger partial charge in [-0.3, -0.25) is 4.79 Å². The van der Waals surface area contributed by atoms with E-state index in [1.807, 2.05) is 0 Å². The van der Waals surface area contributed by atoms with Gasteiger partial charge in [-0.25, -0.2) is 13.8 Å². The van der Waals surface area contributed by atoms with Crippen LogP contribution in [0.2, 0.25) is 0 Å². The van der Waals surface area contributed by atoms with Gasteiger partial charge in [-0.05, 0) is 22.0 Å². The Morgan fingerprint density at radius 2 is 2.00 bits per heavy atom. The first kappa shape index (κ1) is 13.8. The average molecular weight is 320 g/mol. The molecule has 0 bridgehead atoms. The van der Waals surface area contributed by atoms with Crippen LogP contribution in [0.15, 0.2) is 10.7 Å². The molecule has 1 heterocycles. The Kier molecular flexibility index (Phi) is 4.02. The van der Waals surface area contributed by atoms with Crippen LogP contribution in [0.4, 0.5) is 22.0 Å². The number of pyridine rings is 1. The van der Waals surface area contributed by atoms with Gasteiger partial charge in [0.15, 0.2) is 6.29 Å². The van der Waals surface area contributed by atoms with E-state index in [-0.39, 0.29) is 6.29 Å². The maximum Gasteiger partial charge on any atom is 0.574 e. The van der Waals surface area contributed by atoms with Crippen molar-refractivity contribution in [1.29, 1.82) is 0 Å². The molecule has 0 aromatic carbocycles. The predicted octanol–water partition coefficient (Wildman–Crippen LogP) is 3.49. The van der Waals surface area contributed by atoms with E-state index >= 15 is 0 Å². The quantitative estimate of drug-likeness (QED) is 0.486. The molecule has 0 unspecified atom stereocenters. The highest BCUT2D eigenvalue weighted by Gasteiger charge is 2.33. The fraction of sp³-hybridized carbons (Fsp3) is 0.250. The van der Waals surface area contributed by atoms with Gasteiger partial charge in [0.1, 0.15) is 4.60 Å². The molecule has 0 aliphatic carbocycles. The molecular weight excluding hydrogens is 317 g/mol. The van der Waals surface area contributed by atoms with Crippen molar-refractivity contribution in [1.82, 2.24) is 4.98 Å². The van der Waals surface area contributed by atoms with E-state index in [9.17, 15) is 26.7 Å². The van der Waals surface area contributed by atoms with Gasteiger partial charge in [0.2, 0.25) is 5.88 Å². The lowest BCUT2D eigenvalue weighted by atomic mass is 10.2. The fourth-order valence-corrected chi connectivity index (χ4v) is 1.38. The van der Waals surface area contributed by atoms with Crippen LogP contribution in [0.3, 0.4) is 0 Å². The van der Waals surface area contributed by atoms with Crippen molar-refractivity contribution in [3.05, 3.63) is 21.8 Å². The third-order valence-corrected chi connectivity index (χ3v) is 2.21. The van der Waals surface area contributed by atoms with Crippen molar-refractivity contribution >= 4 is 22.2 Å². The molecule has 1 rings (SSSR count). The van der Waals surface area contributed by atoms with Crippen LogP contribution in [0.1, 0.15) is 22.3 Å². The van der Waals surface area contributed by atoms with E-state index in [0.717, 1.165) is 0 Å². The summed E-state index contributed by atoms with van der Waals surface area (Å²) in [5.74, 6) is -1.08. The summed E-state index contributed by atoms with van der Waals surface area (Å²) in [6, 6.07) is 0.579. The Labute approximate surface area is 99.7 Å². The molecule has 0 spiro atoms. The summed E-state index contributed by atoms with van der Waals surface area (Å²) in [7, 11) is 0. The van der Waals surface area contributed by atoms with Crippen LogP contribution < -0.4 is 4.74 Å². The smallest absolute Gasteiger partial charge is 0.387 e. The second-order valence-corrected chi connectivity index (χ2v) is 3.48. The molecule has 0 atom stereocenters. The summed E-state index contributed by atoms with van der Waals surface area (Å²) in [5.41, 5.74) is -1.40. The van der Waals surface area contributed by atoms with Gasteiger partial charge in [0.25, 0.3) is 6.43 Å². The minimum Gasteiger partial charge on any atom is -0.387 e. The minimum absolute atomic E-state index is 0.0492. The summed E-state index contributed by atoms with van der Waals surface area (Å²) in [4.78, 5) is 13.6. The maximum absolute atomic E-state index is 12.4. The average Bonchev–Trinajstić information content (AvgIpc) is 2.14. The van der Waals surface area contributed by atoms with Crippen LogP contribution in [0, 0.1) is 0 Å². The number of ether oxygens (including phenoxy) is 1. The zero-order valence-electron chi connectivity index (χ0n) is 7.76. The standard InChI is InChI=1S/C8H3BrF5NO2/c9-5-4(6(10)11)1-3(2-16)7(15-5)17-8(12,13)14/h1-2,6H. The molecule has 9 heteroatoms. The molecule has 0 amide bonds. The van der Waals surface area contributed by atoms with Crippen LogP contribution >= 0.6 is 15.9 Å². The van der Waals surface area contributed by atoms with E-state index in [1.54, 1.807) is 0 Å². The van der Waals surface area contributed by atoms with Gasteiger partial charge in [-0.2, -0.15) is 0 Å². The number of aromatic nitrogens is 1. The molecule has 0 aliphatic rings. The Balaban J connectivity index is 3.24. The van der Waals surface area contributed by atoms with Crippen molar-refractivity contribution in [3.63, 3.8) is 0 Å². The van der Waals surface area contributed by atoms with Crippen LogP contribution in [0.5, 0.6) is 5.88 Å². The highest BCUT2D eigenvalue weighted by atomic mass is 79.9. The number of alkyl halides is 5. The molecule has 94 valence electrons. The largest absolute Gasteiger partial charge is 0.574 e. The van der Waals surface area contributed by atoms with Gasteiger partial charge in [-0.1, -0.05) is 0 Å². The van der Waals surface area contributed by atoms with E-state index in [2.05, 4.69) is 25.7 Å². The number of hydrogen-bond acceptors (Lipinski definition) is 3. The van der Waals surface area contributed by atoms with E-state index in [0.29, 0.717) is 6.07 Å². The van der Waals surface area contributed by atoms with Gasteiger partial charge >= 0.3 is 6.36 Å². The minimum atomic E-state index is -5.06. The van der Waals surface area contributed by atoms with Crippen molar-refractivity contribution in [2.24, 2.45) is 0 Å². The summed E-state index contributed by atoms with van der Waals surface area (Å²) in [6.45, 7) is 0. The predicted molar refractivity (Wildman–Crippen MR) is 49.0 cm³/mol. The van der Waals surface area contributed by atoms with Crippen LogP contribution in [-0.4, -0.2) is 17.6 Å². The zero-order chi connectivity index (χ0) is 13.2. The van der Waals surface area contributed by atoms with Gasteiger partial charge in [0.05, 0.1) is 11.1 Å². The Morgan fingerprint density at radius 1 is 1.41 bits per heavy atom. The third-order valence-electron chi connectivity index (χ3n) is 1.57. The Hall–Kier alpha value is -1.25. The SMILES string of the molecule is O=Cc1cc(C(F)F)c(Br)nc1OC(F)(F)F. The first-order valence-corrected chi connectivity index (χ1v) is 4.73. The van der Waals surface area contributed by atoms with Gasteiger partial charge in [-0.15, -0.1) is 13.2 Å². The normalized spacial score (nSPS) is 11.7. The second-order valence-electron chi connectivity index (χ2n) is 2.73. The monoisotopic (exact) mass is 319 g/mol. The van der Waals surface area contributed by atoms with Crippen molar-refractivity contribution in [3.8, 4) is 5.88 Å². The molecule has 0 aliphatic heterocycles. The van der Waals surface area contributed by atoms with Crippen molar-refractivity contribution < 1.29 is 31.5 Å². The summed E-state index contributed by atoms with van der Waals surface area (Å²) in [5, 5.41) is 0.